The Morgan fingerprint density at radius 1 is 1.19 bits per heavy atom. The van der Waals surface area contributed by atoms with E-state index in [9.17, 15) is 0 Å². The van der Waals surface area contributed by atoms with Gasteiger partial charge in [0.05, 0.1) is 6.04 Å². The SMILES string of the molecule is C=C[C@H](NCCCCCC)c1ccccc1. The van der Waals surface area contributed by atoms with Crippen LogP contribution in [0.2, 0.25) is 0 Å². The minimum atomic E-state index is 0.294. The van der Waals surface area contributed by atoms with Gasteiger partial charge in [0.15, 0.2) is 0 Å². The van der Waals surface area contributed by atoms with Gasteiger partial charge in [-0.25, -0.2) is 0 Å². The Labute approximate surface area is 99.6 Å². The van der Waals surface area contributed by atoms with Crippen molar-refractivity contribution in [2.24, 2.45) is 0 Å². The molecule has 1 atom stereocenters. The molecule has 0 heterocycles. The van der Waals surface area contributed by atoms with Gasteiger partial charge in [0.1, 0.15) is 0 Å². The fourth-order valence-electron chi connectivity index (χ4n) is 1.81. The summed E-state index contributed by atoms with van der Waals surface area (Å²) < 4.78 is 0. The van der Waals surface area contributed by atoms with Crippen LogP contribution in [-0.4, -0.2) is 6.54 Å². The largest absolute Gasteiger partial charge is 0.307 e. The summed E-state index contributed by atoms with van der Waals surface area (Å²) in [5, 5.41) is 3.53. The first kappa shape index (κ1) is 13.0. The highest BCUT2D eigenvalue weighted by atomic mass is 14.9. The van der Waals surface area contributed by atoms with Gasteiger partial charge in [0.25, 0.3) is 0 Å². The van der Waals surface area contributed by atoms with E-state index in [2.05, 4.69) is 43.1 Å². The fraction of sp³-hybridized carbons (Fsp3) is 0.467. The van der Waals surface area contributed by atoms with Crippen molar-refractivity contribution >= 4 is 0 Å². The van der Waals surface area contributed by atoms with E-state index in [1.807, 2.05) is 12.1 Å². The van der Waals surface area contributed by atoms with E-state index in [0.29, 0.717) is 6.04 Å². The van der Waals surface area contributed by atoms with Crippen LogP contribution >= 0.6 is 0 Å². The molecule has 0 aliphatic heterocycles. The van der Waals surface area contributed by atoms with E-state index in [1.54, 1.807) is 0 Å². The zero-order valence-electron chi connectivity index (χ0n) is 10.3. The summed E-state index contributed by atoms with van der Waals surface area (Å²) in [4.78, 5) is 0. The molecule has 0 saturated carbocycles. The summed E-state index contributed by atoms with van der Waals surface area (Å²) in [6, 6.07) is 10.8. The first-order chi connectivity index (χ1) is 7.88. The van der Waals surface area contributed by atoms with Gasteiger partial charge in [0.2, 0.25) is 0 Å². The molecule has 16 heavy (non-hydrogen) atoms. The van der Waals surface area contributed by atoms with Crippen LogP contribution in [0.1, 0.15) is 44.2 Å². The Hall–Kier alpha value is -1.08. The van der Waals surface area contributed by atoms with Crippen molar-refractivity contribution in [3.8, 4) is 0 Å². The van der Waals surface area contributed by atoms with Gasteiger partial charge in [-0.05, 0) is 18.5 Å². The van der Waals surface area contributed by atoms with Gasteiger partial charge in [-0.3, -0.25) is 0 Å². The molecule has 1 heteroatoms. The van der Waals surface area contributed by atoms with Gasteiger partial charge in [-0.1, -0.05) is 62.6 Å². The Morgan fingerprint density at radius 3 is 2.56 bits per heavy atom. The molecule has 88 valence electrons. The van der Waals surface area contributed by atoms with Crippen LogP contribution in [0.25, 0.3) is 0 Å². The summed E-state index contributed by atoms with van der Waals surface area (Å²) in [5.41, 5.74) is 1.30. The molecular formula is C15H23N. The highest BCUT2D eigenvalue weighted by molar-refractivity contribution is 5.22. The summed E-state index contributed by atoms with van der Waals surface area (Å²) in [6.45, 7) is 7.20. The molecular weight excluding hydrogens is 194 g/mol. The topological polar surface area (TPSA) is 12.0 Å². The Balaban J connectivity index is 2.30. The van der Waals surface area contributed by atoms with Crippen LogP contribution in [0.4, 0.5) is 0 Å². The molecule has 1 aromatic rings. The minimum Gasteiger partial charge on any atom is -0.307 e. The van der Waals surface area contributed by atoms with E-state index in [1.165, 1.54) is 31.2 Å². The maximum Gasteiger partial charge on any atom is 0.0503 e. The number of hydrogen-bond donors (Lipinski definition) is 1. The van der Waals surface area contributed by atoms with E-state index >= 15 is 0 Å². The van der Waals surface area contributed by atoms with Gasteiger partial charge in [-0.15, -0.1) is 6.58 Å². The van der Waals surface area contributed by atoms with E-state index in [-0.39, 0.29) is 0 Å². The third-order valence-corrected chi connectivity index (χ3v) is 2.79. The van der Waals surface area contributed by atoms with Crippen molar-refractivity contribution in [1.82, 2.24) is 5.32 Å². The molecule has 0 unspecified atom stereocenters. The van der Waals surface area contributed by atoms with Gasteiger partial charge >= 0.3 is 0 Å². The number of unbranched alkanes of at least 4 members (excludes halogenated alkanes) is 3. The molecule has 1 rings (SSSR count). The van der Waals surface area contributed by atoms with Crippen LogP contribution in [0.15, 0.2) is 43.0 Å². The van der Waals surface area contributed by atoms with Crippen LogP contribution < -0.4 is 5.32 Å². The first-order valence-electron chi connectivity index (χ1n) is 6.29. The summed E-state index contributed by atoms with van der Waals surface area (Å²) in [7, 11) is 0. The molecule has 0 saturated heterocycles. The maximum atomic E-state index is 3.89. The molecule has 0 aromatic heterocycles. The number of hydrogen-bond acceptors (Lipinski definition) is 1. The van der Waals surface area contributed by atoms with Crippen LogP contribution in [0, 0.1) is 0 Å². The van der Waals surface area contributed by atoms with Gasteiger partial charge in [0, 0.05) is 0 Å². The second kappa shape index (κ2) is 8.12. The second-order valence-corrected chi connectivity index (χ2v) is 4.14. The summed E-state index contributed by atoms with van der Waals surface area (Å²) in [5.74, 6) is 0. The molecule has 1 aromatic carbocycles. The predicted molar refractivity (Wildman–Crippen MR) is 71.5 cm³/mol. The van der Waals surface area contributed by atoms with E-state index in [0.717, 1.165) is 6.54 Å². The van der Waals surface area contributed by atoms with Crippen molar-refractivity contribution in [3.05, 3.63) is 48.6 Å². The van der Waals surface area contributed by atoms with E-state index in [4.69, 9.17) is 0 Å². The van der Waals surface area contributed by atoms with Crippen LogP contribution in [0.3, 0.4) is 0 Å². The smallest absolute Gasteiger partial charge is 0.0503 e. The zero-order chi connectivity index (χ0) is 11.6. The normalized spacial score (nSPS) is 12.3. The number of nitrogens with one attached hydrogen (secondary N) is 1. The lowest BCUT2D eigenvalue weighted by atomic mass is 10.1. The van der Waals surface area contributed by atoms with Crippen molar-refractivity contribution in [3.63, 3.8) is 0 Å². The quantitative estimate of drug-likeness (QED) is 0.511. The lowest BCUT2D eigenvalue weighted by Gasteiger charge is -2.14. The lowest BCUT2D eigenvalue weighted by molar-refractivity contribution is 0.565. The fourth-order valence-corrected chi connectivity index (χ4v) is 1.81. The van der Waals surface area contributed by atoms with Crippen LogP contribution in [-0.2, 0) is 0 Å². The van der Waals surface area contributed by atoms with Gasteiger partial charge in [-0.2, -0.15) is 0 Å². The average Bonchev–Trinajstić information content (AvgIpc) is 2.35. The Bertz CT molecular complexity index is 279. The second-order valence-electron chi connectivity index (χ2n) is 4.14. The molecule has 1 N–H and O–H groups in total. The standard InChI is InChI=1S/C15H23N/c1-3-5-6-10-13-16-15(4-2)14-11-8-7-9-12-14/h4,7-9,11-12,15-16H,2-3,5-6,10,13H2,1H3/t15-/m0/s1. The van der Waals surface area contributed by atoms with Crippen LogP contribution in [0.5, 0.6) is 0 Å². The monoisotopic (exact) mass is 217 g/mol. The highest BCUT2D eigenvalue weighted by Crippen LogP contribution is 2.13. The molecule has 0 spiro atoms. The summed E-state index contributed by atoms with van der Waals surface area (Å²) in [6.07, 6.45) is 7.19. The minimum absolute atomic E-state index is 0.294. The summed E-state index contributed by atoms with van der Waals surface area (Å²) >= 11 is 0. The molecule has 0 aliphatic rings. The number of benzene rings is 1. The zero-order valence-corrected chi connectivity index (χ0v) is 10.3. The Morgan fingerprint density at radius 2 is 1.94 bits per heavy atom. The van der Waals surface area contributed by atoms with E-state index < -0.39 is 0 Å². The highest BCUT2D eigenvalue weighted by Gasteiger charge is 2.04. The third kappa shape index (κ3) is 4.63. The Kier molecular flexibility index (Phi) is 6.59. The number of rotatable bonds is 8. The van der Waals surface area contributed by atoms with Gasteiger partial charge < -0.3 is 5.32 Å². The molecule has 1 nitrogen and oxygen atoms in total. The molecule has 0 amide bonds. The molecule has 0 radical (unpaired) electrons. The molecule has 0 fully saturated rings. The average molecular weight is 217 g/mol. The first-order valence-corrected chi connectivity index (χ1v) is 6.29. The lowest BCUT2D eigenvalue weighted by Crippen LogP contribution is -2.20. The molecule has 0 aliphatic carbocycles. The molecule has 0 bridgehead atoms. The van der Waals surface area contributed by atoms with Crippen molar-refractivity contribution in [2.45, 2.75) is 38.6 Å². The predicted octanol–water partition coefficient (Wildman–Crippen LogP) is 4.08. The van der Waals surface area contributed by atoms with Crippen molar-refractivity contribution in [2.75, 3.05) is 6.54 Å². The maximum absolute atomic E-state index is 3.89. The van der Waals surface area contributed by atoms with Crippen molar-refractivity contribution < 1.29 is 0 Å². The third-order valence-electron chi connectivity index (χ3n) is 2.79. The van der Waals surface area contributed by atoms with Crippen molar-refractivity contribution in [1.29, 1.82) is 0 Å².